The molecule has 0 bridgehead atoms. The van der Waals surface area contributed by atoms with Gasteiger partial charge in [0.25, 0.3) is 0 Å². The van der Waals surface area contributed by atoms with Crippen LogP contribution in [0.2, 0.25) is 0 Å². The molecule has 0 aliphatic rings. The smallest absolute Gasteiger partial charge is 0.102 e. The van der Waals surface area contributed by atoms with Crippen molar-refractivity contribution in [1.29, 1.82) is 5.26 Å². The molecule has 2 heteroatoms. The highest BCUT2D eigenvalue weighted by atomic mass is 14.9. The predicted molar refractivity (Wildman–Crippen MR) is 73.1 cm³/mol. The Morgan fingerprint density at radius 2 is 1.61 bits per heavy atom. The molecular formula is C16H12N2. The molecule has 18 heavy (non-hydrogen) atoms. The van der Waals surface area contributed by atoms with Crippen LogP contribution in [-0.4, -0.2) is 4.57 Å². The first-order valence-corrected chi connectivity index (χ1v) is 5.86. The third-order valence-electron chi connectivity index (χ3n) is 3.27. The van der Waals surface area contributed by atoms with Crippen LogP contribution in [0.5, 0.6) is 0 Å². The third kappa shape index (κ3) is 1.42. The Kier molecular flexibility index (Phi) is 2.39. The standard InChI is InChI=1S/C16H12N2/c1-18-15-10-6-5-9-13(15)14(11-17)16(18)12-7-3-2-4-8-12/h2-10H,1H3. The Labute approximate surface area is 106 Å². The van der Waals surface area contributed by atoms with Gasteiger partial charge >= 0.3 is 0 Å². The van der Waals surface area contributed by atoms with Gasteiger partial charge in [0.2, 0.25) is 0 Å². The van der Waals surface area contributed by atoms with Gasteiger partial charge in [0.05, 0.1) is 11.3 Å². The van der Waals surface area contributed by atoms with Crippen molar-refractivity contribution in [2.24, 2.45) is 7.05 Å². The van der Waals surface area contributed by atoms with Gasteiger partial charge in [-0.3, -0.25) is 0 Å². The summed E-state index contributed by atoms with van der Waals surface area (Å²) in [4.78, 5) is 0. The van der Waals surface area contributed by atoms with Gasteiger partial charge < -0.3 is 4.57 Å². The summed E-state index contributed by atoms with van der Waals surface area (Å²) in [5, 5.41) is 10.4. The number of nitriles is 1. The maximum Gasteiger partial charge on any atom is 0.102 e. The topological polar surface area (TPSA) is 28.7 Å². The summed E-state index contributed by atoms with van der Waals surface area (Å²) in [6.07, 6.45) is 0. The van der Waals surface area contributed by atoms with Gasteiger partial charge in [0, 0.05) is 18.0 Å². The molecule has 0 aliphatic carbocycles. The second-order valence-electron chi connectivity index (χ2n) is 4.28. The first kappa shape index (κ1) is 10.6. The highest BCUT2D eigenvalue weighted by molar-refractivity contribution is 5.94. The Morgan fingerprint density at radius 1 is 0.944 bits per heavy atom. The lowest BCUT2D eigenvalue weighted by Gasteiger charge is -2.04. The molecule has 2 nitrogen and oxygen atoms in total. The third-order valence-corrected chi connectivity index (χ3v) is 3.27. The molecule has 3 aromatic rings. The van der Waals surface area contributed by atoms with Gasteiger partial charge in [-0.15, -0.1) is 0 Å². The number of fused-ring (bicyclic) bond motifs is 1. The van der Waals surface area contributed by atoms with Crippen LogP contribution < -0.4 is 0 Å². The maximum atomic E-state index is 9.43. The fraction of sp³-hybridized carbons (Fsp3) is 0.0625. The van der Waals surface area contributed by atoms with E-state index in [1.165, 1.54) is 0 Å². The molecule has 3 rings (SSSR count). The number of hydrogen-bond acceptors (Lipinski definition) is 1. The molecule has 0 radical (unpaired) electrons. The Bertz CT molecular complexity index is 746. The summed E-state index contributed by atoms with van der Waals surface area (Å²) in [5.74, 6) is 0. The summed E-state index contributed by atoms with van der Waals surface area (Å²) < 4.78 is 2.09. The van der Waals surface area contributed by atoms with E-state index in [0.717, 1.165) is 27.7 Å². The zero-order chi connectivity index (χ0) is 12.5. The molecule has 1 heterocycles. The van der Waals surface area contributed by atoms with Crippen molar-refractivity contribution in [3.63, 3.8) is 0 Å². The van der Waals surface area contributed by atoms with E-state index < -0.39 is 0 Å². The minimum Gasteiger partial charge on any atom is -0.343 e. The van der Waals surface area contributed by atoms with Crippen molar-refractivity contribution in [3.05, 3.63) is 60.2 Å². The minimum atomic E-state index is 0.749. The fourth-order valence-corrected chi connectivity index (χ4v) is 2.44. The number of benzene rings is 2. The highest BCUT2D eigenvalue weighted by Crippen LogP contribution is 2.31. The lowest BCUT2D eigenvalue weighted by molar-refractivity contribution is 0.976. The molecule has 0 atom stereocenters. The molecule has 0 fully saturated rings. The Hall–Kier alpha value is -2.53. The molecule has 0 amide bonds. The van der Waals surface area contributed by atoms with Gasteiger partial charge in [-0.2, -0.15) is 5.26 Å². The van der Waals surface area contributed by atoms with E-state index in [-0.39, 0.29) is 0 Å². The van der Waals surface area contributed by atoms with E-state index in [4.69, 9.17) is 0 Å². The highest BCUT2D eigenvalue weighted by Gasteiger charge is 2.15. The van der Waals surface area contributed by atoms with E-state index in [0.29, 0.717) is 0 Å². The van der Waals surface area contributed by atoms with Gasteiger partial charge in [0.15, 0.2) is 0 Å². The predicted octanol–water partition coefficient (Wildman–Crippen LogP) is 3.72. The molecule has 1 aromatic heterocycles. The molecular weight excluding hydrogens is 220 g/mol. The molecule has 0 aliphatic heterocycles. The number of nitrogens with zero attached hydrogens (tertiary/aromatic N) is 2. The molecule has 0 saturated heterocycles. The van der Waals surface area contributed by atoms with Crippen molar-refractivity contribution in [2.75, 3.05) is 0 Å². The normalized spacial score (nSPS) is 10.4. The number of rotatable bonds is 1. The lowest BCUT2D eigenvalue weighted by Crippen LogP contribution is -1.92. The number of aryl methyl sites for hydroxylation is 1. The van der Waals surface area contributed by atoms with Crippen LogP contribution in [0.1, 0.15) is 5.56 Å². The number of aromatic nitrogens is 1. The summed E-state index contributed by atoms with van der Waals surface area (Å²) in [5.41, 5.74) is 3.90. The molecule has 0 N–H and O–H groups in total. The Morgan fingerprint density at radius 3 is 2.33 bits per heavy atom. The van der Waals surface area contributed by atoms with Gasteiger partial charge in [-0.25, -0.2) is 0 Å². The average Bonchev–Trinajstić information content (AvgIpc) is 2.73. The first-order chi connectivity index (χ1) is 8.83. The monoisotopic (exact) mass is 232 g/mol. The van der Waals surface area contributed by atoms with Gasteiger partial charge in [0.1, 0.15) is 6.07 Å². The van der Waals surface area contributed by atoms with E-state index >= 15 is 0 Å². The molecule has 0 saturated carbocycles. The van der Waals surface area contributed by atoms with Crippen LogP contribution in [0.25, 0.3) is 22.2 Å². The summed E-state index contributed by atoms with van der Waals surface area (Å²) >= 11 is 0. The van der Waals surface area contributed by atoms with Crippen LogP contribution >= 0.6 is 0 Å². The minimum absolute atomic E-state index is 0.749. The van der Waals surface area contributed by atoms with Crippen LogP contribution in [0.3, 0.4) is 0 Å². The lowest BCUT2D eigenvalue weighted by atomic mass is 10.1. The number of para-hydroxylation sites is 1. The maximum absolute atomic E-state index is 9.43. The quantitative estimate of drug-likeness (QED) is 0.628. The summed E-state index contributed by atoms with van der Waals surface area (Å²) in [7, 11) is 2.01. The van der Waals surface area contributed by atoms with E-state index in [1.54, 1.807) is 0 Å². The number of hydrogen-bond donors (Lipinski definition) is 0. The molecule has 2 aromatic carbocycles. The second-order valence-corrected chi connectivity index (χ2v) is 4.28. The van der Waals surface area contributed by atoms with Gasteiger partial charge in [-0.05, 0) is 11.6 Å². The second kappa shape index (κ2) is 4.05. The average molecular weight is 232 g/mol. The van der Waals surface area contributed by atoms with Crippen LogP contribution in [0, 0.1) is 11.3 Å². The fourth-order valence-electron chi connectivity index (χ4n) is 2.44. The molecule has 0 unspecified atom stereocenters. The summed E-state index contributed by atoms with van der Waals surface area (Å²) in [6, 6.07) is 20.4. The van der Waals surface area contributed by atoms with Crippen molar-refractivity contribution < 1.29 is 0 Å². The largest absolute Gasteiger partial charge is 0.343 e. The van der Waals surface area contributed by atoms with Crippen LogP contribution in [0.4, 0.5) is 0 Å². The van der Waals surface area contributed by atoms with Crippen molar-refractivity contribution in [1.82, 2.24) is 4.57 Å². The van der Waals surface area contributed by atoms with E-state index in [2.05, 4.69) is 10.6 Å². The summed E-state index contributed by atoms with van der Waals surface area (Å²) in [6.45, 7) is 0. The van der Waals surface area contributed by atoms with Crippen LogP contribution in [-0.2, 0) is 7.05 Å². The van der Waals surface area contributed by atoms with E-state index in [9.17, 15) is 5.26 Å². The molecule has 0 spiro atoms. The first-order valence-electron chi connectivity index (χ1n) is 5.86. The van der Waals surface area contributed by atoms with Crippen LogP contribution in [0.15, 0.2) is 54.6 Å². The van der Waals surface area contributed by atoms with E-state index in [1.807, 2.05) is 61.6 Å². The zero-order valence-electron chi connectivity index (χ0n) is 10.1. The SMILES string of the molecule is Cn1c(-c2ccccc2)c(C#N)c2ccccc21. The zero-order valence-corrected chi connectivity index (χ0v) is 10.1. The van der Waals surface area contributed by atoms with Crippen molar-refractivity contribution >= 4 is 10.9 Å². The Balaban J connectivity index is 2.43. The van der Waals surface area contributed by atoms with Crippen molar-refractivity contribution in [2.45, 2.75) is 0 Å². The van der Waals surface area contributed by atoms with Gasteiger partial charge in [-0.1, -0.05) is 48.5 Å². The molecule has 86 valence electrons. The van der Waals surface area contributed by atoms with Crippen molar-refractivity contribution in [3.8, 4) is 17.3 Å².